The number of benzene rings is 2. The minimum Gasteiger partial charge on any atom is -0.289 e. The van der Waals surface area contributed by atoms with E-state index in [4.69, 9.17) is 11.6 Å². The molecule has 0 heterocycles. The van der Waals surface area contributed by atoms with Crippen molar-refractivity contribution < 1.29 is 13.2 Å². The number of halogens is 1. The van der Waals surface area contributed by atoms with E-state index >= 15 is 0 Å². The van der Waals surface area contributed by atoms with Crippen molar-refractivity contribution in [3.05, 3.63) is 70.8 Å². The predicted molar refractivity (Wildman–Crippen MR) is 84.4 cm³/mol. The molecule has 5 heteroatoms. The van der Waals surface area contributed by atoms with Crippen molar-refractivity contribution in [2.75, 3.05) is 6.26 Å². The van der Waals surface area contributed by atoms with Gasteiger partial charge >= 0.3 is 0 Å². The average molecular weight is 321 g/mol. The van der Waals surface area contributed by atoms with Crippen LogP contribution in [-0.2, 0) is 9.84 Å². The molecule has 2 rings (SSSR count). The van der Waals surface area contributed by atoms with E-state index in [1.54, 1.807) is 42.5 Å². The Balaban J connectivity index is 2.14. The van der Waals surface area contributed by atoms with Crippen LogP contribution in [0.5, 0.6) is 0 Å². The monoisotopic (exact) mass is 320 g/mol. The number of carbonyl (C=O) groups excluding carboxylic acids is 1. The van der Waals surface area contributed by atoms with Crippen molar-refractivity contribution >= 4 is 33.3 Å². The lowest BCUT2D eigenvalue weighted by Crippen LogP contribution is -1.96. The number of ketones is 1. The molecule has 3 nitrogen and oxygen atoms in total. The number of hydrogen-bond donors (Lipinski definition) is 0. The largest absolute Gasteiger partial charge is 0.289 e. The van der Waals surface area contributed by atoms with Crippen LogP contribution < -0.4 is 0 Å². The van der Waals surface area contributed by atoms with Gasteiger partial charge in [-0.1, -0.05) is 29.8 Å². The molecule has 0 bridgehead atoms. The van der Waals surface area contributed by atoms with Crippen LogP contribution in [0.2, 0.25) is 5.02 Å². The standard InChI is InChI=1S/C16H13ClO3S/c1-21(19,20)15-9-2-12(3-10-15)4-11-16(18)13-5-7-14(17)8-6-13/h2-11H,1H3/b11-4+. The molecule has 0 saturated heterocycles. The lowest BCUT2D eigenvalue weighted by molar-refractivity contribution is 0.104. The van der Waals surface area contributed by atoms with Gasteiger partial charge in [0.15, 0.2) is 15.6 Å². The highest BCUT2D eigenvalue weighted by Gasteiger charge is 2.05. The zero-order valence-corrected chi connectivity index (χ0v) is 12.9. The molecule has 0 fully saturated rings. The van der Waals surface area contributed by atoms with Crippen molar-refractivity contribution in [2.45, 2.75) is 4.90 Å². The molecule has 0 atom stereocenters. The van der Waals surface area contributed by atoms with Crippen LogP contribution in [0, 0.1) is 0 Å². The van der Waals surface area contributed by atoms with Crippen LogP contribution in [0.1, 0.15) is 15.9 Å². The highest BCUT2D eigenvalue weighted by molar-refractivity contribution is 7.90. The summed E-state index contributed by atoms with van der Waals surface area (Å²) in [7, 11) is -3.20. The summed E-state index contributed by atoms with van der Waals surface area (Å²) in [4.78, 5) is 12.2. The van der Waals surface area contributed by atoms with Crippen molar-refractivity contribution in [1.82, 2.24) is 0 Å². The smallest absolute Gasteiger partial charge is 0.185 e. The number of sulfone groups is 1. The van der Waals surface area contributed by atoms with E-state index in [1.165, 1.54) is 18.2 Å². The Labute approximate surface area is 128 Å². The van der Waals surface area contributed by atoms with E-state index < -0.39 is 9.84 Å². The molecule has 108 valence electrons. The number of rotatable bonds is 4. The summed E-state index contributed by atoms with van der Waals surface area (Å²) in [6.07, 6.45) is 4.24. The maximum atomic E-state index is 11.9. The third kappa shape index (κ3) is 4.28. The summed E-state index contributed by atoms with van der Waals surface area (Å²) in [5.74, 6) is -0.140. The van der Waals surface area contributed by atoms with Gasteiger partial charge in [-0.05, 0) is 48.0 Å². The van der Waals surface area contributed by atoms with Crippen molar-refractivity contribution in [1.29, 1.82) is 0 Å². The average Bonchev–Trinajstić information content (AvgIpc) is 2.45. The molecular formula is C16H13ClO3S. The van der Waals surface area contributed by atoms with Crippen LogP contribution in [0.4, 0.5) is 0 Å². The quantitative estimate of drug-likeness (QED) is 0.638. The maximum absolute atomic E-state index is 11.9. The first-order valence-corrected chi connectivity index (χ1v) is 8.41. The molecule has 2 aromatic carbocycles. The van der Waals surface area contributed by atoms with E-state index in [2.05, 4.69) is 0 Å². The minimum atomic E-state index is -3.20. The highest BCUT2D eigenvalue weighted by atomic mass is 35.5. The van der Waals surface area contributed by atoms with E-state index in [1.807, 2.05) is 0 Å². The normalized spacial score (nSPS) is 11.7. The molecule has 0 radical (unpaired) electrons. The molecular weight excluding hydrogens is 308 g/mol. The van der Waals surface area contributed by atoms with Gasteiger partial charge in [-0.25, -0.2) is 8.42 Å². The second-order valence-electron chi connectivity index (χ2n) is 4.55. The summed E-state index contributed by atoms with van der Waals surface area (Å²) in [6, 6.07) is 13.0. The summed E-state index contributed by atoms with van der Waals surface area (Å²) in [6.45, 7) is 0. The second kappa shape index (κ2) is 6.24. The van der Waals surface area contributed by atoms with E-state index in [0.717, 1.165) is 11.8 Å². The molecule has 0 unspecified atom stereocenters. The summed E-state index contributed by atoms with van der Waals surface area (Å²) >= 11 is 5.76. The Morgan fingerprint density at radius 2 is 1.57 bits per heavy atom. The first-order chi connectivity index (χ1) is 9.86. The summed E-state index contributed by atoms with van der Waals surface area (Å²) < 4.78 is 22.7. The highest BCUT2D eigenvalue weighted by Crippen LogP contribution is 2.13. The van der Waals surface area contributed by atoms with Gasteiger partial charge in [0.25, 0.3) is 0 Å². The number of hydrogen-bond acceptors (Lipinski definition) is 3. The van der Waals surface area contributed by atoms with Gasteiger partial charge in [-0.2, -0.15) is 0 Å². The third-order valence-corrected chi connectivity index (χ3v) is 4.24. The van der Waals surface area contributed by atoms with Gasteiger partial charge < -0.3 is 0 Å². The second-order valence-corrected chi connectivity index (χ2v) is 7.00. The Hall–Kier alpha value is -1.91. The molecule has 0 spiro atoms. The fourth-order valence-corrected chi connectivity index (χ4v) is 2.46. The molecule has 0 aliphatic heterocycles. The molecule has 2 aromatic rings. The first-order valence-electron chi connectivity index (χ1n) is 6.14. The molecule has 21 heavy (non-hydrogen) atoms. The molecule has 0 aliphatic carbocycles. The number of carbonyl (C=O) groups is 1. The molecule has 0 amide bonds. The van der Waals surface area contributed by atoms with Crippen molar-refractivity contribution in [3.63, 3.8) is 0 Å². The minimum absolute atomic E-state index is 0.140. The lowest BCUT2D eigenvalue weighted by Gasteiger charge is -1.99. The van der Waals surface area contributed by atoms with Gasteiger partial charge in [0.1, 0.15) is 0 Å². The Bertz CT molecular complexity index is 773. The zero-order chi connectivity index (χ0) is 15.5. The van der Waals surface area contributed by atoms with E-state index in [-0.39, 0.29) is 10.7 Å². The SMILES string of the molecule is CS(=O)(=O)c1ccc(/C=C/C(=O)c2ccc(Cl)cc2)cc1. The zero-order valence-electron chi connectivity index (χ0n) is 11.3. The van der Waals surface area contributed by atoms with Crippen LogP contribution in [0.3, 0.4) is 0 Å². The lowest BCUT2D eigenvalue weighted by atomic mass is 10.1. The predicted octanol–water partition coefficient (Wildman–Crippen LogP) is 3.64. The molecule has 0 N–H and O–H groups in total. The van der Waals surface area contributed by atoms with Gasteiger partial charge in [-0.15, -0.1) is 0 Å². The Kier molecular flexibility index (Phi) is 4.60. The fraction of sp³-hybridized carbons (Fsp3) is 0.0625. The molecule has 0 aliphatic rings. The fourth-order valence-electron chi connectivity index (χ4n) is 1.71. The van der Waals surface area contributed by atoms with Crippen LogP contribution in [0.25, 0.3) is 6.08 Å². The Morgan fingerprint density at radius 1 is 1.00 bits per heavy atom. The van der Waals surface area contributed by atoms with Gasteiger partial charge in [0.05, 0.1) is 4.90 Å². The number of allylic oxidation sites excluding steroid dienone is 1. The van der Waals surface area contributed by atoms with Crippen LogP contribution in [0.15, 0.2) is 59.5 Å². The summed E-state index contributed by atoms with van der Waals surface area (Å²) in [5, 5.41) is 0.576. The first kappa shape index (κ1) is 15.5. The van der Waals surface area contributed by atoms with Gasteiger partial charge in [0, 0.05) is 16.8 Å². The molecule has 0 saturated carbocycles. The third-order valence-electron chi connectivity index (χ3n) is 2.86. The van der Waals surface area contributed by atoms with Crippen molar-refractivity contribution in [2.24, 2.45) is 0 Å². The Morgan fingerprint density at radius 3 is 2.10 bits per heavy atom. The topological polar surface area (TPSA) is 51.2 Å². The summed E-state index contributed by atoms with van der Waals surface area (Å²) in [5.41, 5.74) is 1.30. The van der Waals surface area contributed by atoms with Crippen LogP contribution >= 0.6 is 11.6 Å². The van der Waals surface area contributed by atoms with Gasteiger partial charge in [0.2, 0.25) is 0 Å². The van der Waals surface area contributed by atoms with Crippen LogP contribution in [-0.4, -0.2) is 20.5 Å². The molecule has 0 aromatic heterocycles. The van der Waals surface area contributed by atoms with E-state index in [0.29, 0.717) is 10.6 Å². The van der Waals surface area contributed by atoms with Gasteiger partial charge in [-0.3, -0.25) is 4.79 Å². The maximum Gasteiger partial charge on any atom is 0.185 e. The van der Waals surface area contributed by atoms with Crippen molar-refractivity contribution in [3.8, 4) is 0 Å². The van der Waals surface area contributed by atoms with E-state index in [9.17, 15) is 13.2 Å².